The molecular formula is C28H25Cl2NO3. The van der Waals surface area contributed by atoms with E-state index in [9.17, 15) is 4.79 Å². The predicted octanol–water partition coefficient (Wildman–Crippen LogP) is 6.70. The Bertz CT molecular complexity index is 1430. The van der Waals surface area contributed by atoms with E-state index in [0.717, 1.165) is 58.5 Å². The van der Waals surface area contributed by atoms with Crippen LogP contribution in [0.5, 0.6) is 5.75 Å². The minimum atomic E-state index is -0.283. The Hall–Kier alpha value is -2.79. The van der Waals surface area contributed by atoms with E-state index >= 15 is 0 Å². The van der Waals surface area contributed by atoms with Crippen molar-refractivity contribution in [2.75, 3.05) is 13.3 Å². The quantitative estimate of drug-likeness (QED) is 0.290. The molecule has 2 heterocycles. The lowest BCUT2D eigenvalue weighted by molar-refractivity contribution is 0.0959. The van der Waals surface area contributed by atoms with Crippen molar-refractivity contribution in [1.82, 2.24) is 4.90 Å². The molecular weight excluding hydrogens is 469 g/mol. The average Bonchev–Trinajstić information content (AvgIpc) is 2.83. The molecule has 0 radical (unpaired) electrons. The molecule has 1 aliphatic rings. The smallest absolute Gasteiger partial charge is 0.340 e. The molecule has 0 bridgehead atoms. The summed E-state index contributed by atoms with van der Waals surface area (Å²) < 4.78 is 12.0. The molecule has 1 aliphatic heterocycles. The average molecular weight is 494 g/mol. The van der Waals surface area contributed by atoms with Crippen molar-refractivity contribution in [1.29, 1.82) is 0 Å². The van der Waals surface area contributed by atoms with Crippen LogP contribution in [0.25, 0.3) is 11.0 Å². The Morgan fingerprint density at radius 3 is 2.56 bits per heavy atom. The highest BCUT2D eigenvalue weighted by atomic mass is 35.5. The van der Waals surface area contributed by atoms with Crippen LogP contribution in [-0.2, 0) is 19.4 Å². The highest BCUT2D eigenvalue weighted by molar-refractivity contribution is 6.35. The summed E-state index contributed by atoms with van der Waals surface area (Å²) in [5.74, 6) is 0.812. The zero-order chi connectivity index (χ0) is 23.8. The SMILES string of the molecule is Cc1c(Cc2ccccc2)c(=O)oc2c(C)c3c(cc12)CN(CCc1ccc(Cl)cc1Cl)CO3. The van der Waals surface area contributed by atoms with Crippen molar-refractivity contribution in [3.05, 3.63) is 108 Å². The van der Waals surface area contributed by atoms with Gasteiger partial charge in [0.25, 0.3) is 0 Å². The first-order chi connectivity index (χ1) is 16.4. The van der Waals surface area contributed by atoms with E-state index in [4.69, 9.17) is 32.4 Å². The topological polar surface area (TPSA) is 42.7 Å². The number of fused-ring (bicyclic) bond motifs is 2. The molecule has 1 aromatic heterocycles. The highest BCUT2D eigenvalue weighted by Crippen LogP contribution is 2.36. The van der Waals surface area contributed by atoms with Gasteiger partial charge in [0.15, 0.2) is 0 Å². The van der Waals surface area contributed by atoms with E-state index in [2.05, 4.69) is 11.0 Å². The first kappa shape index (κ1) is 23.0. The van der Waals surface area contributed by atoms with Gasteiger partial charge in [0, 0.05) is 51.6 Å². The molecule has 0 atom stereocenters. The van der Waals surface area contributed by atoms with Gasteiger partial charge in [-0.2, -0.15) is 0 Å². The van der Waals surface area contributed by atoms with E-state index in [1.807, 2.05) is 56.3 Å². The van der Waals surface area contributed by atoms with E-state index < -0.39 is 0 Å². The molecule has 0 saturated carbocycles. The molecule has 0 saturated heterocycles. The van der Waals surface area contributed by atoms with Crippen LogP contribution < -0.4 is 10.4 Å². The summed E-state index contributed by atoms with van der Waals surface area (Å²) in [6.07, 6.45) is 1.35. The number of benzene rings is 3. The molecule has 0 unspecified atom stereocenters. The second-order valence-electron chi connectivity index (χ2n) is 8.83. The summed E-state index contributed by atoms with van der Waals surface area (Å²) >= 11 is 12.4. The van der Waals surface area contributed by atoms with Crippen molar-refractivity contribution < 1.29 is 9.15 Å². The first-order valence-corrected chi connectivity index (χ1v) is 12.1. The van der Waals surface area contributed by atoms with Gasteiger partial charge in [-0.1, -0.05) is 59.6 Å². The van der Waals surface area contributed by atoms with E-state index in [1.165, 1.54) is 0 Å². The zero-order valence-electron chi connectivity index (χ0n) is 19.2. The molecule has 4 aromatic rings. The van der Waals surface area contributed by atoms with Gasteiger partial charge in [0.2, 0.25) is 0 Å². The van der Waals surface area contributed by atoms with Crippen molar-refractivity contribution in [2.24, 2.45) is 0 Å². The van der Waals surface area contributed by atoms with Crippen molar-refractivity contribution in [2.45, 2.75) is 33.2 Å². The number of aryl methyl sites for hydroxylation is 2. The van der Waals surface area contributed by atoms with Crippen LogP contribution in [0.15, 0.2) is 63.8 Å². The number of ether oxygens (including phenoxy) is 1. The second-order valence-corrected chi connectivity index (χ2v) is 9.68. The van der Waals surface area contributed by atoms with Crippen LogP contribution >= 0.6 is 23.2 Å². The highest BCUT2D eigenvalue weighted by Gasteiger charge is 2.24. The van der Waals surface area contributed by atoms with Crippen LogP contribution in [0.3, 0.4) is 0 Å². The number of hydrogen-bond acceptors (Lipinski definition) is 4. The van der Waals surface area contributed by atoms with Crippen molar-refractivity contribution in [3.63, 3.8) is 0 Å². The maximum absolute atomic E-state index is 12.9. The van der Waals surface area contributed by atoms with Gasteiger partial charge in [-0.3, -0.25) is 4.90 Å². The van der Waals surface area contributed by atoms with Gasteiger partial charge in [0.05, 0.1) is 0 Å². The van der Waals surface area contributed by atoms with Crippen LogP contribution in [-0.4, -0.2) is 18.2 Å². The molecule has 0 N–H and O–H groups in total. The lowest BCUT2D eigenvalue weighted by atomic mass is 9.96. The molecule has 6 heteroatoms. The fourth-order valence-electron chi connectivity index (χ4n) is 4.64. The van der Waals surface area contributed by atoms with Gasteiger partial charge >= 0.3 is 5.63 Å². The Kier molecular flexibility index (Phi) is 6.39. The Labute approximate surface area is 208 Å². The maximum Gasteiger partial charge on any atom is 0.340 e. The zero-order valence-corrected chi connectivity index (χ0v) is 20.7. The third kappa shape index (κ3) is 4.46. The fourth-order valence-corrected chi connectivity index (χ4v) is 5.15. The lowest BCUT2D eigenvalue weighted by Gasteiger charge is -2.30. The molecule has 174 valence electrons. The van der Waals surface area contributed by atoms with Crippen molar-refractivity contribution >= 4 is 34.2 Å². The fraction of sp³-hybridized carbons (Fsp3) is 0.250. The van der Waals surface area contributed by atoms with Crippen LogP contribution in [0.4, 0.5) is 0 Å². The number of rotatable bonds is 5. The van der Waals surface area contributed by atoms with Gasteiger partial charge < -0.3 is 9.15 Å². The minimum absolute atomic E-state index is 0.283. The largest absolute Gasteiger partial charge is 0.477 e. The lowest BCUT2D eigenvalue weighted by Crippen LogP contribution is -2.34. The Morgan fingerprint density at radius 1 is 1.00 bits per heavy atom. The molecule has 3 aromatic carbocycles. The normalized spacial score (nSPS) is 13.6. The molecule has 4 nitrogen and oxygen atoms in total. The predicted molar refractivity (Wildman–Crippen MR) is 137 cm³/mol. The molecule has 0 fully saturated rings. The molecule has 0 spiro atoms. The number of hydrogen-bond donors (Lipinski definition) is 0. The van der Waals surface area contributed by atoms with Gasteiger partial charge in [0.1, 0.15) is 18.1 Å². The molecule has 0 aliphatic carbocycles. The van der Waals surface area contributed by atoms with Crippen molar-refractivity contribution in [3.8, 4) is 5.75 Å². The van der Waals surface area contributed by atoms with Gasteiger partial charge in [-0.05, 0) is 55.2 Å². The van der Waals surface area contributed by atoms with E-state index in [1.54, 1.807) is 6.07 Å². The molecule has 34 heavy (non-hydrogen) atoms. The molecule has 0 amide bonds. The maximum atomic E-state index is 12.9. The summed E-state index contributed by atoms with van der Waals surface area (Å²) in [5, 5.41) is 2.29. The van der Waals surface area contributed by atoms with E-state index in [0.29, 0.717) is 34.3 Å². The summed E-state index contributed by atoms with van der Waals surface area (Å²) in [7, 11) is 0. The number of halogens is 2. The summed E-state index contributed by atoms with van der Waals surface area (Å²) in [6.45, 7) is 6.00. The van der Waals surface area contributed by atoms with Gasteiger partial charge in [-0.25, -0.2) is 4.79 Å². The second kappa shape index (κ2) is 9.46. The standard InChI is InChI=1S/C28H25Cl2NO3/c1-17-23-13-21-15-31(11-10-20-8-9-22(29)14-25(20)30)16-33-26(21)18(2)27(23)34-28(32)24(17)12-19-6-4-3-5-7-19/h3-9,13-14H,10-12,15-16H2,1-2H3. The Balaban J connectivity index is 1.44. The summed E-state index contributed by atoms with van der Waals surface area (Å²) in [4.78, 5) is 15.1. The monoisotopic (exact) mass is 493 g/mol. The summed E-state index contributed by atoms with van der Waals surface area (Å²) in [6, 6.07) is 17.7. The van der Waals surface area contributed by atoms with Crippen LogP contribution in [0.2, 0.25) is 10.0 Å². The molecule has 5 rings (SSSR count). The third-order valence-corrected chi connectivity index (χ3v) is 7.14. The van der Waals surface area contributed by atoms with Gasteiger partial charge in [-0.15, -0.1) is 0 Å². The first-order valence-electron chi connectivity index (χ1n) is 11.3. The third-order valence-electron chi connectivity index (χ3n) is 6.56. The minimum Gasteiger partial charge on any atom is -0.477 e. The number of nitrogens with zero attached hydrogens (tertiary/aromatic N) is 1. The van der Waals surface area contributed by atoms with Crippen LogP contribution in [0, 0.1) is 13.8 Å². The Morgan fingerprint density at radius 2 is 1.79 bits per heavy atom. The van der Waals surface area contributed by atoms with Crippen LogP contribution in [0.1, 0.15) is 33.4 Å². The summed E-state index contributed by atoms with van der Waals surface area (Å²) in [5.41, 5.74) is 6.11. The van der Waals surface area contributed by atoms with E-state index in [-0.39, 0.29) is 5.63 Å².